The van der Waals surface area contributed by atoms with Crippen LogP contribution in [0.4, 0.5) is 0 Å². The average Bonchev–Trinajstić information content (AvgIpc) is 3.25. The van der Waals surface area contributed by atoms with Crippen LogP contribution < -0.4 is 47.0 Å². The van der Waals surface area contributed by atoms with Gasteiger partial charge in [-0.15, -0.1) is 0 Å². The molecule has 7 heterocycles. The Labute approximate surface area is 337 Å². The zero-order valence-corrected chi connectivity index (χ0v) is 32.0. The number of nitrogens with zero attached hydrogens (tertiary/aromatic N) is 1. The van der Waals surface area contributed by atoms with E-state index in [9.17, 15) is 0 Å². The van der Waals surface area contributed by atoms with Crippen molar-refractivity contribution in [2.75, 3.05) is 0 Å². The van der Waals surface area contributed by atoms with Crippen molar-refractivity contribution < 1.29 is 14.2 Å². The molecular weight excluding hydrogens is 708 g/mol. The normalized spacial score (nSPS) is 15.4. The van der Waals surface area contributed by atoms with Gasteiger partial charge >= 0.3 is 0 Å². The molecule has 0 unspecified atom stereocenters. The van der Waals surface area contributed by atoms with Crippen LogP contribution in [-0.4, -0.2) is 18.4 Å². The molecular formula is C52H33B2NO3. The van der Waals surface area contributed by atoms with Crippen LogP contribution in [0.5, 0.6) is 34.5 Å². The second-order valence-corrected chi connectivity index (χ2v) is 17.3. The molecule has 1 aromatic heterocycles. The first-order valence-electron chi connectivity index (χ1n) is 20.4. The van der Waals surface area contributed by atoms with Crippen LogP contribution in [0.25, 0.3) is 33.6 Å². The maximum absolute atomic E-state index is 6.81. The molecule has 8 aromatic rings. The molecule has 0 radical (unpaired) electrons. The number of ether oxygens (including phenoxy) is 3. The van der Waals surface area contributed by atoms with Gasteiger partial charge in [-0.05, 0) is 112 Å². The first-order valence-corrected chi connectivity index (χ1v) is 20.4. The van der Waals surface area contributed by atoms with E-state index >= 15 is 0 Å². The quantitative estimate of drug-likeness (QED) is 0.173. The summed E-state index contributed by atoms with van der Waals surface area (Å²) in [7, 11) is 0. The van der Waals surface area contributed by atoms with Crippen LogP contribution in [0.1, 0.15) is 47.2 Å². The fraction of sp³-hybridized carbons (Fsp3) is 0.0962. The number of hydrogen-bond donors (Lipinski definition) is 0. The molecule has 7 aromatic carbocycles. The lowest BCUT2D eigenvalue weighted by Gasteiger charge is -2.45. The zero-order valence-electron chi connectivity index (χ0n) is 32.0. The molecule has 6 aliphatic heterocycles. The van der Waals surface area contributed by atoms with E-state index in [0.29, 0.717) is 0 Å². The summed E-state index contributed by atoms with van der Waals surface area (Å²) < 4.78 is 19.7. The lowest BCUT2D eigenvalue weighted by atomic mass is 9.26. The van der Waals surface area contributed by atoms with Crippen molar-refractivity contribution in [1.29, 1.82) is 0 Å². The number of aromatic nitrogens is 1. The van der Waals surface area contributed by atoms with Crippen LogP contribution in [0.3, 0.4) is 0 Å². The van der Waals surface area contributed by atoms with E-state index in [1.54, 1.807) is 10.9 Å². The third-order valence-corrected chi connectivity index (χ3v) is 14.0. The molecule has 0 bridgehead atoms. The van der Waals surface area contributed by atoms with Gasteiger partial charge in [0, 0.05) is 32.9 Å². The van der Waals surface area contributed by atoms with Crippen molar-refractivity contribution in [3.63, 3.8) is 0 Å². The zero-order chi connectivity index (χ0) is 38.0. The van der Waals surface area contributed by atoms with Gasteiger partial charge in [-0.2, -0.15) is 0 Å². The molecule has 0 amide bonds. The fourth-order valence-corrected chi connectivity index (χ4v) is 11.6. The highest BCUT2D eigenvalue weighted by molar-refractivity contribution is 7.00. The van der Waals surface area contributed by atoms with Gasteiger partial charge < -0.3 is 14.2 Å². The lowest BCUT2D eigenvalue weighted by Crippen LogP contribution is -2.67. The molecule has 0 atom stereocenters. The maximum Gasteiger partial charge on any atom is 0.270 e. The molecule has 0 spiro atoms. The van der Waals surface area contributed by atoms with Gasteiger partial charge in [-0.3, -0.25) is 0 Å². The number of benzene rings is 7. The van der Waals surface area contributed by atoms with Gasteiger partial charge in [0.15, 0.2) is 0 Å². The minimum atomic E-state index is -0.0464. The van der Waals surface area contributed by atoms with Crippen molar-refractivity contribution in [3.05, 3.63) is 173 Å². The summed E-state index contributed by atoms with van der Waals surface area (Å²) in [5.74, 6) is 4.90. The van der Waals surface area contributed by atoms with Gasteiger partial charge in [0.2, 0.25) is 6.71 Å². The van der Waals surface area contributed by atoms with E-state index in [0.717, 1.165) is 86.2 Å². The maximum atomic E-state index is 6.81. The molecule has 0 aliphatic carbocycles. The van der Waals surface area contributed by atoms with Gasteiger partial charge in [0.05, 0.1) is 11.4 Å². The first-order chi connectivity index (χ1) is 28.5. The summed E-state index contributed by atoms with van der Waals surface area (Å²) in [6, 6.07) is 50.5. The van der Waals surface area contributed by atoms with Crippen LogP contribution in [0.2, 0.25) is 0 Å². The minimum Gasteiger partial charge on any atom is -0.458 e. The summed E-state index contributed by atoms with van der Waals surface area (Å²) in [6.45, 7) is 5.07. The van der Waals surface area contributed by atoms with Crippen LogP contribution in [-0.2, 0) is 18.3 Å². The molecule has 0 fully saturated rings. The lowest BCUT2D eigenvalue weighted by molar-refractivity contribution is 0.443. The minimum absolute atomic E-state index is 0.0276. The Balaban J connectivity index is 0.888. The van der Waals surface area contributed by atoms with Gasteiger partial charge in [-0.25, -0.2) is 4.98 Å². The molecule has 58 heavy (non-hydrogen) atoms. The molecule has 6 aliphatic rings. The van der Waals surface area contributed by atoms with E-state index in [2.05, 4.69) is 117 Å². The molecule has 4 nitrogen and oxygen atoms in total. The second-order valence-electron chi connectivity index (χ2n) is 17.3. The summed E-state index contributed by atoms with van der Waals surface area (Å²) >= 11 is 0. The van der Waals surface area contributed by atoms with Crippen molar-refractivity contribution in [1.82, 2.24) is 4.98 Å². The molecule has 0 saturated heterocycles. The number of hydrogen-bond acceptors (Lipinski definition) is 4. The summed E-state index contributed by atoms with van der Waals surface area (Å²) in [5.41, 5.74) is 23.0. The van der Waals surface area contributed by atoms with Crippen LogP contribution in [0.15, 0.2) is 140 Å². The topological polar surface area (TPSA) is 40.6 Å². The number of rotatable bonds is 3. The van der Waals surface area contributed by atoms with Crippen molar-refractivity contribution >= 4 is 46.2 Å². The van der Waals surface area contributed by atoms with Crippen LogP contribution >= 0.6 is 0 Å². The highest BCUT2D eigenvalue weighted by Crippen LogP contribution is 2.45. The van der Waals surface area contributed by atoms with Gasteiger partial charge in [0.25, 0.3) is 6.71 Å². The molecule has 0 saturated carbocycles. The Kier molecular flexibility index (Phi) is 5.82. The molecule has 6 heteroatoms. The predicted molar refractivity (Wildman–Crippen MR) is 234 cm³/mol. The van der Waals surface area contributed by atoms with E-state index in [-0.39, 0.29) is 18.8 Å². The van der Waals surface area contributed by atoms with E-state index in [1.165, 1.54) is 50.0 Å². The Morgan fingerprint density at radius 2 is 1.00 bits per heavy atom. The standard InChI is InChI=1S/C52H33B2NO3/c1-52(2)36-13-4-11-30-26-32-21-22-33(35-27-31-12-5-14-37(52)47(31)53(45(32)35)46(30)36)28-9-3-10-29(25-28)38-15-6-16-39(55-38)34-23-24-44-50-51(34)58-43-20-8-19-42-49(43)54(50)48-40(56-42)17-7-18-41(48)57-44/h3-25H,26-27H2,1-2H3. The third-order valence-electron chi connectivity index (χ3n) is 14.0. The smallest absolute Gasteiger partial charge is 0.270 e. The second kappa shape index (κ2) is 10.8. The molecule has 14 rings (SSSR count). The Bertz CT molecular complexity index is 3170. The van der Waals surface area contributed by atoms with E-state index in [4.69, 9.17) is 19.2 Å². The molecule has 270 valence electrons. The van der Waals surface area contributed by atoms with Crippen molar-refractivity contribution in [3.8, 4) is 68.1 Å². The van der Waals surface area contributed by atoms with Gasteiger partial charge in [-0.1, -0.05) is 115 Å². The van der Waals surface area contributed by atoms with Crippen LogP contribution in [0, 0.1) is 0 Å². The highest BCUT2D eigenvalue weighted by atomic mass is 16.5. The Morgan fingerprint density at radius 3 is 1.74 bits per heavy atom. The molecule has 0 N–H and O–H groups in total. The third kappa shape index (κ3) is 3.90. The summed E-state index contributed by atoms with van der Waals surface area (Å²) in [4.78, 5) is 5.36. The predicted octanol–water partition coefficient (Wildman–Crippen LogP) is 7.88. The van der Waals surface area contributed by atoms with E-state index < -0.39 is 0 Å². The van der Waals surface area contributed by atoms with Crippen molar-refractivity contribution in [2.45, 2.75) is 32.1 Å². The summed E-state index contributed by atoms with van der Waals surface area (Å²) in [5, 5.41) is 0. The SMILES string of the molecule is CC1(C)c2cccc3c2B2c4c(cccc41)Cc1c(-c4cccc(-c5cccc(-c6ccc7c8c6Oc6cccc9c6B8c6c(cccc6O7)O9)n5)c4)ccc(c12)C3. The van der Waals surface area contributed by atoms with Crippen molar-refractivity contribution in [2.24, 2.45) is 0 Å². The van der Waals surface area contributed by atoms with Gasteiger partial charge in [0.1, 0.15) is 34.5 Å². The largest absolute Gasteiger partial charge is 0.458 e. The summed E-state index contributed by atoms with van der Waals surface area (Å²) in [6.07, 6.45) is 1.93. The highest BCUT2D eigenvalue weighted by Gasteiger charge is 2.49. The first kappa shape index (κ1) is 31.3. The Hall–Kier alpha value is -6.78. The fourth-order valence-electron chi connectivity index (χ4n) is 11.6. The average molecular weight is 741 g/mol. The monoisotopic (exact) mass is 741 g/mol. The number of pyridine rings is 1. The Morgan fingerprint density at radius 1 is 0.448 bits per heavy atom. The van der Waals surface area contributed by atoms with E-state index in [1.807, 2.05) is 36.4 Å².